The van der Waals surface area contributed by atoms with Gasteiger partial charge in [-0.3, -0.25) is 4.79 Å². The summed E-state index contributed by atoms with van der Waals surface area (Å²) in [6.07, 6.45) is 0.681. The highest BCUT2D eigenvalue weighted by Gasteiger charge is 2.15. The largest absolute Gasteiger partial charge is 0.396 e. The second kappa shape index (κ2) is 7.21. The number of amides is 1. The Morgan fingerprint density at radius 1 is 1.45 bits per heavy atom. The topological polar surface area (TPSA) is 73.6 Å². The molecule has 0 aromatic heterocycles. The fourth-order valence-electron chi connectivity index (χ4n) is 1.40. The summed E-state index contributed by atoms with van der Waals surface area (Å²) < 4.78 is 23.5. The molecule has 6 heteroatoms. The van der Waals surface area contributed by atoms with Crippen molar-refractivity contribution in [3.05, 3.63) is 24.0 Å². The number of carbonyl (C=O) groups is 1. The maximum atomic E-state index is 13.0. The summed E-state index contributed by atoms with van der Waals surface area (Å²) in [4.78, 5) is 11.6. The van der Waals surface area contributed by atoms with E-state index in [1.807, 2.05) is 13.8 Å². The minimum atomic E-state index is -0.513. The van der Waals surface area contributed by atoms with Gasteiger partial charge in [-0.15, -0.1) is 0 Å². The fraction of sp³-hybridized carbons (Fsp3) is 0.500. The van der Waals surface area contributed by atoms with E-state index in [2.05, 4.69) is 5.32 Å². The molecular weight excluding hydrogens is 263 g/mol. The molecule has 0 fully saturated rings. The number of ether oxygens (including phenoxy) is 2. The van der Waals surface area contributed by atoms with Crippen LogP contribution in [0.15, 0.2) is 18.2 Å². The third-order valence-corrected chi connectivity index (χ3v) is 2.91. The van der Waals surface area contributed by atoms with Crippen LogP contribution in [0.3, 0.4) is 0 Å². The van der Waals surface area contributed by atoms with Gasteiger partial charge in [-0.2, -0.15) is 0 Å². The van der Waals surface area contributed by atoms with Crippen LogP contribution in [0.1, 0.15) is 20.3 Å². The molecule has 5 nitrogen and oxygen atoms in total. The molecular formula is C14H21FN2O3. The van der Waals surface area contributed by atoms with Crippen LogP contribution in [0.5, 0.6) is 0 Å². The molecule has 0 saturated carbocycles. The van der Waals surface area contributed by atoms with Crippen molar-refractivity contribution >= 4 is 17.3 Å². The van der Waals surface area contributed by atoms with Gasteiger partial charge in [0.1, 0.15) is 12.4 Å². The van der Waals surface area contributed by atoms with Gasteiger partial charge in [-0.25, -0.2) is 4.39 Å². The molecule has 1 rings (SSSR count). The zero-order valence-corrected chi connectivity index (χ0v) is 12.0. The number of carbonyl (C=O) groups excluding carboxylic acids is 1. The van der Waals surface area contributed by atoms with E-state index in [0.717, 1.165) is 0 Å². The number of nitrogen functional groups attached to an aromatic ring is 1. The minimum absolute atomic E-state index is 0.00874. The van der Waals surface area contributed by atoms with E-state index in [9.17, 15) is 9.18 Å². The summed E-state index contributed by atoms with van der Waals surface area (Å²) in [6.45, 7) is 4.23. The normalized spacial score (nSPS) is 11.4. The van der Waals surface area contributed by atoms with Gasteiger partial charge in [-0.1, -0.05) is 0 Å². The molecule has 0 bridgehead atoms. The van der Waals surface area contributed by atoms with Crippen molar-refractivity contribution in [2.75, 3.05) is 31.4 Å². The summed E-state index contributed by atoms with van der Waals surface area (Å²) >= 11 is 0. The summed E-state index contributed by atoms with van der Waals surface area (Å²) in [5.74, 6) is -0.827. The van der Waals surface area contributed by atoms with Crippen LogP contribution in [-0.2, 0) is 14.3 Å². The van der Waals surface area contributed by atoms with Crippen molar-refractivity contribution in [2.24, 2.45) is 0 Å². The van der Waals surface area contributed by atoms with E-state index in [-0.39, 0.29) is 23.8 Å². The lowest BCUT2D eigenvalue weighted by Crippen LogP contribution is -2.26. The van der Waals surface area contributed by atoms with Gasteiger partial charge in [-0.05, 0) is 38.5 Å². The van der Waals surface area contributed by atoms with Crippen LogP contribution in [0.2, 0.25) is 0 Å². The average molecular weight is 284 g/mol. The Morgan fingerprint density at radius 2 is 2.15 bits per heavy atom. The number of nitrogens with two attached hydrogens (primary N) is 1. The molecule has 112 valence electrons. The monoisotopic (exact) mass is 284 g/mol. The smallest absolute Gasteiger partial charge is 0.250 e. The van der Waals surface area contributed by atoms with Crippen molar-refractivity contribution in [1.82, 2.24) is 0 Å². The van der Waals surface area contributed by atoms with Crippen molar-refractivity contribution in [3.63, 3.8) is 0 Å². The predicted molar refractivity (Wildman–Crippen MR) is 76.0 cm³/mol. The number of nitrogens with one attached hydrogen (secondary N) is 1. The molecule has 1 aromatic rings. The third kappa shape index (κ3) is 5.54. The number of benzene rings is 1. The van der Waals surface area contributed by atoms with Gasteiger partial charge in [0.05, 0.1) is 11.3 Å². The van der Waals surface area contributed by atoms with Crippen molar-refractivity contribution in [3.8, 4) is 0 Å². The number of methoxy groups -OCH3 is 1. The predicted octanol–water partition coefficient (Wildman–Crippen LogP) is 2.18. The van der Waals surface area contributed by atoms with Crippen molar-refractivity contribution in [2.45, 2.75) is 25.9 Å². The zero-order chi connectivity index (χ0) is 15.2. The Labute approximate surface area is 118 Å². The summed E-state index contributed by atoms with van der Waals surface area (Å²) in [5, 5.41) is 2.58. The van der Waals surface area contributed by atoms with Crippen LogP contribution >= 0.6 is 0 Å². The lowest BCUT2D eigenvalue weighted by molar-refractivity contribution is -0.121. The quantitative estimate of drug-likeness (QED) is 0.594. The van der Waals surface area contributed by atoms with Crippen LogP contribution in [0.4, 0.5) is 15.8 Å². The SMILES string of the molecule is COC(C)(C)CCOCC(=O)Nc1ccc(F)c(N)c1. The average Bonchev–Trinajstić information content (AvgIpc) is 2.39. The Morgan fingerprint density at radius 3 is 2.75 bits per heavy atom. The molecule has 1 aromatic carbocycles. The molecule has 0 spiro atoms. The highest BCUT2D eigenvalue weighted by Crippen LogP contribution is 2.16. The van der Waals surface area contributed by atoms with Crippen molar-refractivity contribution < 1.29 is 18.7 Å². The summed E-state index contributed by atoms with van der Waals surface area (Å²) in [5.41, 5.74) is 5.56. The van der Waals surface area contributed by atoms with Gasteiger partial charge in [0.15, 0.2) is 0 Å². The van der Waals surface area contributed by atoms with Crippen LogP contribution in [-0.4, -0.2) is 31.8 Å². The Hall–Kier alpha value is -1.66. The lowest BCUT2D eigenvalue weighted by atomic mass is 10.1. The Bertz CT molecular complexity index is 464. The number of anilines is 2. The Kier molecular flexibility index (Phi) is 5.91. The van der Waals surface area contributed by atoms with Crippen LogP contribution in [0, 0.1) is 5.82 Å². The molecule has 0 saturated heterocycles. The molecule has 0 unspecified atom stereocenters. The molecule has 0 atom stereocenters. The van der Waals surface area contributed by atoms with Gasteiger partial charge in [0.25, 0.3) is 0 Å². The molecule has 3 N–H and O–H groups in total. The minimum Gasteiger partial charge on any atom is -0.396 e. The first-order valence-corrected chi connectivity index (χ1v) is 6.32. The van der Waals surface area contributed by atoms with Gasteiger partial charge in [0, 0.05) is 19.4 Å². The Balaban J connectivity index is 2.32. The highest BCUT2D eigenvalue weighted by molar-refractivity contribution is 5.92. The van der Waals surface area contributed by atoms with Gasteiger partial charge < -0.3 is 20.5 Å². The first kappa shape index (κ1) is 16.4. The number of hydrogen-bond donors (Lipinski definition) is 2. The molecule has 0 aliphatic rings. The molecule has 0 aliphatic heterocycles. The standard InChI is InChI=1S/C14H21FN2O3/c1-14(2,19-3)6-7-20-9-13(18)17-10-4-5-11(15)12(16)8-10/h4-5,8H,6-7,9,16H2,1-3H3,(H,17,18). The molecule has 0 radical (unpaired) electrons. The van der Waals surface area contributed by atoms with Crippen LogP contribution < -0.4 is 11.1 Å². The summed E-state index contributed by atoms with van der Waals surface area (Å²) in [7, 11) is 1.63. The van der Waals surface area contributed by atoms with Crippen LogP contribution in [0.25, 0.3) is 0 Å². The van der Waals surface area contributed by atoms with Crippen molar-refractivity contribution in [1.29, 1.82) is 0 Å². The summed E-state index contributed by atoms with van der Waals surface area (Å²) in [6, 6.07) is 4.01. The van der Waals surface area contributed by atoms with E-state index in [4.69, 9.17) is 15.2 Å². The second-order valence-electron chi connectivity index (χ2n) is 5.05. The first-order chi connectivity index (χ1) is 9.34. The maximum absolute atomic E-state index is 13.0. The van der Waals surface area contributed by atoms with E-state index in [1.165, 1.54) is 18.2 Å². The lowest BCUT2D eigenvalue weighted by Gasteiger charge is -2.22. The second-order valence-corrected chi connectivity index (χ2v) is 5.05. The number of halogens is 1. The highest BCUT2D eigenvalue weighted by atomic mass is 19.1. The first-order valence-electron chi connectivity index (χ1n) is 6.32. The molecule has 0 heterocycles. The number of hydrogen-bond acceptors (Lipinski definition) is 4. The molecule has 1 amide bonds. The van der Waals surface area contributed by atoms with E-state index in [1.54, 1.807) is 7.11 Å². The van der Waals surface area contributed by atoms with E-state index in [0.29, 0.717) is 18.7 Å². The maximum Gasteiger partial charge on any atom is 0.250 e. The molecule has 0 aliphatic carbocycles. The van der Waals surface area contributed by atoms with E-state index < -0.39 is 5.82 Å². The fourth-order valence-corrected chi connectivity index (χ4v) is 1.40. The van der Waals surface area contributed by atoms with E-state index >= 15 is 0 Å². The number of rotatable bonds is 7. The van der Waals surface area contributed by atoms with Gasteiger partial charge in [0.2, 0.25) is 5.91 Å². The molecule has 20 heavy (non-hydrogen) atoms. The zero-order valence-electron chi connectivity index (χ0n) is 12.0. The van der Waals surface area contributed by atoms with Gasteiger partial charge >= 0.3 is 0 Å². The third-order valence-electron chi connectivity index (χ3n) is 2.91.